The molecule has 36 heavy (non-hydrogen) atoms. The third kappa shape index (κ3) is 6.35. The number of hydrogen-bond acceptors (Lipinski definition) is 5. The van der Waals surface area contributed by atoms with Crippen LogP contribution >= 0.6 is 0 Å². The summed E-state index contributed by atoms with van der Waals surface area (Å²) in [4.78, 5) is 37.6. The highest BCUT2D eigenvalue weighted by Crippen LogP contribution is 2.17. The van der Waals surface area contributed by atoms with E-state index in [9.17, 15) is 23.2 Å². The van der Waals surface area contributed by atoms with Gasteiger partial charge >= 0.3 is 6.09 Å². The molecule has 3 aromatic rings. The number of para-hydroxylation sites is 1. The number of benzene rings is 3. The van der Waals surface area contributed by atoms with Crippen LogP contribution in [-0.4, -0.2) is 36.2 Å². The zero-order chi connectivity index (χ0) is 25.5. The molecule has 186 valence electrons. The van der Waals surface area contributed by atoms with Crippen molar-refractivity contribution in [3.8, 4) is 5.75 Å². The fourth-order valence-electron chi connectivity index (χ4n) is 3.51. The first-order valence-corrected chi connectivity index (χ1v) is 11.1. The van der Waals surface area contributed by atoms with Gasteiger partial charge in [0.15, 0.2) is 17.7 Å². The predicted molar refractivity (Wildman–Crippen MR) is 125 cm³/mol. The van der Waals surface area contributed by atoms with Gasteiger partial charge in [-0.25, -0.2) is 13.6 Å². The summed E-state index contributed by atoms with van der Waals surface area (Å²) in [7, 11) is 0. The van der Waals surface area contributed by atoms with Crippen LogP contribution in [0.15, 0.2) is 78.9 Å². The Balaban J connectivity index is 1.43. The van der Waals surface area contributed by atoms with Crippen molar-refractivity contribution in [3.05, 3.63) is 102 Å². The Bertz CT molecular complexity index is 1230. The van der Waals surface area contributed by atoms with Crippen LogP contribution in [0.1, 0.15) is 11.1 Å². The number of hydrogen-bond donors (Lipinski definition) is 3. The molecule has 1 heterocycles. The Labute approximate surface area is 205 Å². The third-order valence-electron chi connectivity index (χ3n) is 5.42. The Hall–Kier alpha value is -4.47. The topological polar surface area (TPSA) is 106 Å². The summed E-state index contributed by atoms with van der Waals surface area (Å²) in [6.45, 7) is -0.0375. The van der Waals surface area contributed by atoms with E-state index in [2.05, 4.69) is 16.0 Å². The van der Waals surface area contributed by atoms with Crippen molar-refractivity contribution < 1.29 is 32.6 Å². The molecule has 0 saturated carbocycles. The van der Waals surface area contributed by atoms with E-state index in [-0.39, 0.29) is 18.6 Å². The van der Waals surface area contributed by atoms with E-state index in [1.54, 1.807) is 54.6 Å². The molecular formula is C26H23F2N3O5. The van der Waals surface area contributed by atoms with Crippen LogP contribution < -0.4 is 20.7 Å². The van der Waals surface area contributed by atoms with Gasteiger partial charge in [0.2, 0.25) is 12.1 Å². The van der Waals surface area contributed by atoms with Crippen molar-refractivity contribution in [1.82, 2.24) is 16.0 Å². The lowest BCUT2D eigenvalue weighted by Gasteiger charge is -2.37. The fraction of sp³-hybridized carbons (Fsp3) is 0.192. The molecule has 4 rings (SSSR count). The van der Waals surface area contributed by atoms with Gasteiger partial charge in [0.05, 0.1) is 0 Å². The van der Waals surface area contributed by atoms with Crippen LogP contribution in [0.4, 0.5) is 13.6 Å². The number of rotatable bonds is 9. The van der Waals surface area contributed by atoms with E-state index < -0.39 is 47.9 Å². The van der Waals surface area contributed by atoms with E-state index in [1.807, 2.05) is 6.07 Å². The molecule has 8 nitrogen and oxygen atoms in total. The van der Waals surface area contributed by atoms with Gasteiger partial charge in [0, 0.05) is 6.42 Å². The van der Waals surface area contributed by atoms with Crippen molar-refractivity contribution in [2.45, 2.75) is 31.3 Å². The highest BCUT2D eigenvalue weighted by molar-refractivity contribution is 5.95. The van der Waals surface area contributed by atoms with E-state index in [0.717, 1.165) is 17.7 Å². The molecule has 1 aliphatic heterocycles. The quantitative estimate of drug-likeness (QED) is 0.396. The maximum Gasteiger partial charge on any atom is 0.408 e. The van der Waals surface area contributed by atoms with Crippen molar-refractivity contribution in [1.29, 1.82) is 0 Å². The molecule has 1 aliphatic rings. The first kappa shape index (κ1) is 24.6. The summed E-state index contributed by atoms with van der Waals surface area (Å²) in [5, 5.41) is 7.54. The zero-order valence-electron chi connectivity index (χ0n) is 18.9. The summed E-state index contributed by atoms with van der Waals surface area (Å²) >= 11 is 0. The van der Waals surface area contributed by atoms with Gasteiger partial charge in [0.25, 0.3) is 5.91 Å². The molecule has 3 amide bonds. The van der Waals surface area contributed by atoms with Gasteiger partial charge in [-0.05, 0) is 35.4 Å². The number of carbonyl (C=O) groups excluding carboxylic acids is 3. The molecule has 0 aromatic heterocycles. The number of halogens is 2. The number of alkyl carbamates (subject to hydrolysis) is 1. The maximum atomic E-state index is 13.7. The summed E-state index contributed by atoms with van der Waals surface area (Å²) in [5.41, 5.74) is 0.994. The normalized spacial score (nSPS) is 17.2. The Morgan fingerprint density at radius 1 is 0.917 bits per heavy atom. The largest absolute Gasteiger partial charge is 0.468 e. The van der Waals surface area contributed by atoms with Crippen molar-refractivity contribution in [2.75, 3.05) is 0 Å². The van der Waals surface area contributed by atoms with Gasteiger partial charge in [-0.15, -0.1) is 0 Å². The summed E-state index contributed by atoms with van der Waals surface area (Å²) in [6.07, 6.45) is -1.89. The first-order valence-electron chi connectivity index (χ1n) is 11.1. The lowest BCUT2D eigenvalue weighted by Crippen LogP contribution is -2.72. The minimum atomic E-state index is -1.25. The molecule has 1 saturated heterocycles. The molecule has 0 unspecified atom stereocenters. The second-order valence-corrected chi connectivity index (χ2v) is 8.06. The average Bonchev–Trinajstić information content (AvgIpc) is 2.88. The molecule has 3 aromatic carbocycles. The number of nitrogens with one attached hydrogen (secondary N) is 3. The lowest BCUT2D eigenvalue weighted by molar-refractivity contribution is -0.143. The van der Waals surface area contributed by atoms with Crippen molar-refractivity contribution in [2.24, 2.45) is 0 Å². The molecule has 0 spiro atoms. The Morgan fingerprint density at radius 2 is 1.61 bits per heavy atom. The van der Waals surface area contributed by atoms with Gasteiger partial charge in [-0.3, -0.25) is 9.59 Å². The molecule has 3 N–H and O–H groups in total. The van der Waals surface area contributed by atoms with Crippen LogP contribution in [-0.2, 0) is 27.4 Å². The average molecular weight is 495 g/mol. The molecule has 0 aliphatic carbocycles. The highest BCUT2D eigenvalue weighted by Gasteiger charge is 2.43. The smallest absolute Gasteiger partial charge is 0.408 e. The van der Waals surface area contributed by atoms with E-state index in [1.165, 1.54) is 6.07 Å². The molecular weight excluding hydrogens is 472 g/mol. The minimum absolute atomic E-state index is 0.0375. The monoisotopic (exact) mass is 495 g/mol. The van der Waals surface area contributed by atoms with Crippen LogP contribution in [0.5, 0.6) is 5.75 Å². The third-order valence-corrected chi connectivity index (χ3v) is 5.42. The van der Waals surface area contributed by atoms with Gasteiger partial charge in [0.1, 0.15) is 18.4 Å². The SMILES string of the molecule is O=C(N[C@@H](Cc1ccc(F)c(F)c1)C(=O)N[C@@H]1C(=O)N[C@H]1Oc1ccccc1)OCc1ccccc1. The Morgan fingerprint density at radius 3 is 2.28 bits per heavy atom. The van der Waals surface area contributed by atoms with E-state index >= 15 is 0 Å². The zero-order valence-corrected chi connectivity index (χ0v) is 18.9. The van der Waals surface area contributed by atoms with Crippen molar-refractivity contribution in [3.63, 3.8) is 0 Å². The number of ether oxygens (including phenoxy) is 2. The number of carbonyl (C=O) groups is 3. The highest BCUT2D eigenvalue weighted by atomic mass is 19.2. The summed E-state index contributed by atoms with van der Waals surface area (Å²) in [6, 6.07) is 18.5. The molecule has 0 radical (unpaired) electrons. The van der Waals surface area contributed by atoms with E-state index in [0.29, 0.717) is 5.75 Å². The van der Waals surface area contributed by atoms with Crippen LogP contribution in [0.2, 0.25) is 0 Å². The molecule has 1 fully saturated rings. The maximum absolute atomic E-state index is 13.7. The van der Waals surface area contributed by atoms with Gasteiger partial charge in [-0.2, -0.15) is 0 Å². The fourth-order valence-corrected chi connectivity index (χ4v) is 3.51. The van der Waals surface area contributed by atoms with Gasteiger partial charge in [-0.1, -0.05) is 54.6 Å². The first-order chi connectivity index (χ1) is 17.4. The number of β-lactam (4-membered cyclic amide) rings is 1. The second kappa shape index (κ2) is 11.3. The van der Waals surface area contributed by atoms with Crippen molar-refractivity contribution >= 4 is 17.9 Å². The molecule has 3 atom stereocenters. The summed E-state index contributed by atoms with van der Waals surface area (Å²) in [5.74, 6) is -2.84. The minimum Gasteiger partial charge on any atom is -0.468 e. The van der Waals surface area contributed by atoms with Crippen LogP contribution in [0.3, 0.4) is 0 Å². The predicted octanol–water partition coefficient (Wildman–Crippen LogP) is 2.82. The second-order valence-electron chi connectivity index (χ2n) is 8.06. The Kier molecular flexibility index (Phi) is 7.74. The standard InChI is InChI=1S/C26H23F2N3O5/c27-19-12-11-17(13-20(19)28)14-21(29-26(34)35-15-16-7-3-1-4-8-16)23(32)30-22-24(33)31-25(22)36-18-9-5-2-6-10-18/h1-13,21-22,25H,14-15H2,(H,29,34)(H,30,32)(H,31,33)/t21-,22+,25-/m0/s1. The van der Waals surface area contributed by atoms with Crippen LogP contribution in [0.25, 0.3) is 0 Å². The van der Waals surface area contributed by atoms with Gasteiger partial charge < -0.3 is 25.4 Å². The summed E-state index contributed by atoms with van der Waals surface area (Å²) < 4.78 is 38.0. The molecule has 10 heteroatoms. The molecule has 0 bridgehead atoms. The lowest BCUT2D eigenvalue weighted by atomic mass is 10.0. The number of amides is 3. The van der Waals surface area contributed by atoms with E-state index in [4.69, 9.17) is 9.47 Å². The van der Waals surface area contributed by atoms with Crippen LogP contribution in [0, 0.1) is 11.6 Å².